The lowest BCUT2D eigenvalue weighted by Crippen LogP contribution is -1.99. The third-order valence-corrected chi connectivity index (χ3v) is 1.78. The van der Waals surface area contributed by atoms with Crippen molar-refractivity contribution < 1.29 is 9.90 Å². The van der Waals surface area contributed by atoms with Crippen LogP contribution in [0.15, 0.2) is 0 Å². The molecule has 5 nitrogen and oxygen atoms in total. The van der Waals surface area contributed by atoms with Gasteiger partial charge in [-0.2, -0.15) is 0 Å². The first-order chi connectivity index (χ1) is 5.61. The molecular formula is C7H11N3O2. The smallest absolute Gasteiger partial charge is 0.303 e. The maximum atomic E-state index is 10.2. The number of carbonyl (C=O) groups is 1. The predicted molar refractivity (Wildman–Crippen MR) is 41.7 cm³/mol. The fourth-order valence-electron chi connectivity index (χ4n) is 0.904. The number of carboxylic acids is 1. The van der Waals surface area contributed by atoms with Gasteiger partial charge in [0.2, 0.25) is 0 Å². The third-order valence-electron chi connectivity index (χ3n) is 1.78. The molecule has 0 amide bonds. The van der Waals surface area contributed by atoms with Gasteiger partial charge in [0.15, 0.2) is 0 Å². The third kappa shape index (κ3) is 1.81. The molecule has 1 aromatic rings. The average Bonchev–Trinajstić information content (AvgIpc) is 2.30. The van der Waals surface area contributed by atoms with Gasteiger partial charge in [0.1, 0.15) is 0 Å². The van der Waals surface area contributed by atoms with Gasteiger partial charge in [-0.05, 0) is 6.92 Å². The molecule has 0 atom stereocenters. The number of aryl methyl sites for hydroxylation is 2. The summed E-state index contributed by atoms with van der Waals surface area (Å²) in [4.78, 5) is 10.2. The number of hydrogen-bond acceptors (Lipinski definition) is 3. The van der Waals surface area contributed by atoms with Crippen molar-refractivity contribution >= 4 is 5.97 Å². The van der Waals surface area contributed by atoms with Crippen LogP contribution in [0.2, 0.25) is 0 Å². The van der Waals surface area contributed by atoms with Crippen LogP contribution in [0.1, 0.15) is 17.8 Å². The van der Waals surface area contributed by atoms with Crippen molar-refractivity contribution in [2.45, 2.75) is 19.8 Å². The first kappa shape index (κ1) is 8.70. The molecule has 0 saturated heterocycles. The quantitative estimate of drug-likeness (QED) is 0.698. The highest BCUT2D eigenvalue weighted by molar-refractivity contribution is 5.66. The highest BCUT2D eigenvalue weighted by atomic mass is 16.4. The second kappa shape index (κ2) is 3.34. The van der Waals surface area contributed by atoms with Crippen LogP contribution in [0.4, 0.5) is 0 Å². The Hall–Kier alpha value is -1.39. The predicted octanol–water partition coefficient (Wildman–Crippen LogP) is 0.141. The highest BCUT2D eigenvalue weighted by Gasteiger charge is 2.07. The molecule has 66 valence electrons. The van der Waals surface area contributed by atoms with E-state index in [0.717, 1.165) is 11.4 Å². The van der Waals surface area contributed by atoms with Gasteiger partial charge in [-0.15, -0.1) is 5.10 Å². The van der Waals surface area contributed by atoms with Gasteiger partial charge < -0.3 is 5.11 Å². The van der Waals surface area contributed by atoms with E-state index >= 15 is 0 Å². The van der Waals surface area contributed by atoms with Crippen LogP contribution in [0.25, 0.3) is 0 Å². The largest absolute Gasteiger partial charge is 0.481 e. The Morgan fingerprint density at radius 2 is 2.33 bits per heavy atom. The molecular weight excluding hydrogens is 158 g/mol. The van der Waals surface area contributed by atoms with Gasteiger partial charge >= 0.3 is 5.97 Å². The van der Waals surface area contributed by atoms with Gasteiger partial charge in [-0.1, -0.05) is 5.21 Å². The van der Waals surface area contributed by atoms with E-state index in [-0.39, 0.29) is 6.42 Å². The summed E-state index contributed by atoms with van der Waals surface area (Å²) >= 11 is 0. The van der Waals surface area contributed by atoms with Crippen molar-refractivity contribution in [3.63, 3.8) is 0 Å². The van der Waals surface area contributed by atoms with E-state index in [1.165, 1.54) is 0 Å². The molecule has 1 N–H and O–H groups in total. The minimum absolute atomic E-state index is 0.111. The van der Waals surface area contributed by atoms with Crippen LogP contribution in [0.3, 0.4) is 0 Å². The van der Waals surface area contributed by atoms with Crippen LogP contribution in [0.5, 0.6) is 0 Å². The first-order valence-corrected chi connectivity index (χ1v) is 3.68. The number of rotatable bonds is 3. The summed E-state index contributed by atoms with van der Waals surface area (Å²) in [7, 11) is 1.78. The van der Waals surface area contributed by atoms with Gasteiger partial charge in [0, 0.05) is 13.5 Å². The Balaban J connectivity index is 2.63. The lowest BCUT2D eigenvalue weighted by Gasteiger charge is -1.94. The van der Waals surface area contributed by atoms with Gasteiger partial charge in [0.05, 0.1) is 17.8 Å². The summed E-state index contributed by atoms with van der Waals surface area (Å²) in [6, 6.07) is 0. The monoisotopic (exact) mass is 169 g/mol. The van der Waals surface area contributed by atoms with Crippen molar-refractivity contribution in [3.8, 4) is 0 Å². The lowest BCUT2D eigenvalue weighted by molar-refractivity contribution is -0.136. The summed E-state index contributed by atoms with van der Waals surface area (Å²) in [5.74, 6) is -0.806. The first-order valence-electron chi connectivity index (χ1n) is 3.68. The molecule has 0 aliphatic rings. The fourth-order valence-corrected chi connectivity index (χ4v) is 0.904. The number of carboxylic acid groups (broad SMARTS) is 1. The zero-order valence-electron chi connectivity index (χ0n) is 7.11. The molecule has 0 radical (unpaired) electrons. The second-order valence-corrected chi connectivity index (χ2v) is 2.64. The summed E-state index contributed by atoms with van der Waals surface area (Å²) < 4.78 is 1.64. The average molecular weight is 169 g/mol. The molecule has 0 spiro atoms. The normalized spacial score (nSPS) is 10.2. The molecule has 1 rings (SSSR count). The molecule has 0 aliphatic carbocycles. The topological polar surface area (TPSA) is 68.0 Å². The zero-order valence-corrected chi connectivity index (χ0v) is 7.11. The summed E-state index contributed by atoms with van der Waals surface area (Å²) in [6.45, 7) is 1.87. The van der Waals surface area contributed by atoms with E-state index in [1.54, 1.807) is 11.7 Å². The summed E-state index contributed by atoms with van der Waals surface area (Å²) in [6.07, 6.45) is 0.564. The second-order valence-electron chi connectivity index (χ2n) is 2.64. The van der Waals surface area contributed by atoms with E-state index < -0.39 is 5.97 Å². The van der Waals surface area contributed by atoms with E-state index in [2.05, 4.69) is 10.3 Å². The minimum atomic E-state index is -0.806. The Bertz CT molecular complexity index is 293. The Morgan fingerprint density at radius 1 is 1.67 bits per heavy atom. The molecule has 12 heavy (non-hydrogen) atoms. The lowest BCUT2D eigenvalue weighted by atomic mass is 10.2. The summed E-state index contributed by atoms with van der Waals surface area (Å²) in [5.41, 5.74) is 1.69. The van der Waals surface area contributed by atoms with Crippen LogP contribution in [0, 0.1) is 6.92 Å². The Labute approximate surface area is 70.0 Å². The van der Waals surface area contributed by atoms with E-state index in [4.69, 9.17) is 5.11 Å². The molecule has 1 heterocycles. The minimum Gasteiger partial charge on any atom is -0.481 e. The van der Waals surface area contributed by atoms with E-state index in [9.17, 15) is 4.79 Å². The van der Waals surface area contributed by atoms with Crippen molar-refractivity contribution in [1.82, 2.24) is 15.0 Å². The zero-order chi connectivity index (χ0) is 9.14. The molecule has 0 saturated carbocycles. The molecule has 0 bridgehead atoms. The maximum absolute atomic E-state index is 10.2. The molecule has 0 aromatic carbocycles. The van der Waals surface area contributed by atoms with Gasteiger partial charge in [0.25, 0.3) is 0 Å². The number of nitrogens with zero attached hydrogens (tertiary/aromatic N) is 3. The Kier molecular flexibility index (Phi) is 2.42. The molecule has 1 aromatic heterocycles. The van der Waals surface area contributed by atoms with Crippen LogP contribution in [-0.4, -0.2) is 26.1 Å². The van der Waals surface area contributed by atoms with Gasteiger partial charge in [-0.3, -0.25) is 9.48 Å². The van der Waals surface area contributed by atoms with Crippen LogP contribution < -0.4 is 0 Å². The number of aromatic nitrogens is 3. The molecule has 0 aliphatic heterocycles. The SMILES string of the molecule is Cc1c(CCC(=O)O)nnn1C. The fraction of sp³-hybridized carbons (Fsp3) is 0.571. The van der Waals surface area contributed by atoms with Crippen molar-refractivity contribution in [3.05, 3.63) is 11.4 Å². The molecule has 0 unspecified atom stereocenters. The van der Waals surface area contributed by atoms with E-state index in [1.807, 2.05) is 6.92 Å². The summed E-state index contributed by atoms with van der Waals surface area (Å²) in [5, 5.41) is 16.0. The van der Waals surface area contributed by atoms with Crippen LogP contribution in [-0.2, 0) is 18.3 Å². The van der Waals surface area contributed by atoms with Crippen molar-refractivity contribution in [2.75, 3.05) is 0 Å². The standard InChI is InChI=1S/C7H11N3O2/c1-5-6(3-4-7(11)12)8-9-10(5)2/h3-4H2,1-2H3,(H,11,12). The molecule has 0 fully saturated rings. The Morgan fingerprint density at radius 3 is 2.75 bits per heavy atom. The van der Waals surface area contributed by atoms with Gasteiger partial charge in [-0.25, -0.2) is 0 Å². The van der Waals surface area contributed by atoms with Crippen molar-refractivity contribution in [2.24, 2.45) is 7.05 Å². The van der Waals surface area contributed by atoms with Crippen LogP contribution >= 0.6 is 0 Å². The maximum Gasteiger partial charge on any atom is 0.303 e. The van der Waals surface area contributed by atoms with E-state index in [0.29, 0.717) is 6.42 Å². The highest BCUT2D eigenvalue weighted by Crippen LogP contribution is 2.04. The van der Waals surface area contributed by atoms with Crippen molar-refractivity contribution in [1.29, 1.82) is 0 Å². The number of aliphatic carboxylic acids is 1. The molecule has 5 heteroatoms. The number of hydrogen-bond donors (Lipinski definition) is 1.